The molecule has 1 aliphatic carbocycles. The fraction of sp³-hybridized carbons (Fsp3) is 0.132. The van der Waals surface area contributed by atoms with Crippen LogP contribution in [0.25, 0.3) is 5.57 Å². The minimum Gasteiger partial charge on any atom is -0.359 e. The SMILES string of the molecule is C1=CC(C2NC(c3ccccc3)NC(c3cc(C4Nc5ccccc5N4c4ccccc4)cc(C4Nc5ccccc5N4c4ccccc4)c3)N2)CC(c2ccccc2)=C1. The normalized spacial score (nSPS) is 23.0. The van der Waals surface area contributed by atoms with Gasteiger partial charge in [0.25, 0.3) is 0 Å². The third-order valence-electron chi connectivity index (χ3n) is 12.3. The van der Waals surface area contributed by atoms with E-state index in [2.05, 4.69) is 243 Å². The zero-order valence-corrected chi connectivity index (χ0v) is 33.2. The molecular formula is C53H47N7. The highest BCUT2D eigenvalue weighted by Crippen LogP contribution is 2.49. The lowest BCUT2D eigenvalue weighted by molar-refractivity contribution is 0.171. The number of para-hydroxylation sites is 6. The van der Waals surface area contributed by atoms with Gasteiger partial charge in [0.15, 0.2) is 0 Å². The van der Waals surface area contributed by atoms with Gasteiger partial charge in [0.1, 0.15) is 12.3 Å². The molecule has 7 heteroatoms. The smallest absolute Gasteiger partial charge is 0.130 e. The number of hydrogen-bond donors (Lipinski definition) is 5. The molecule has 60 heavy (non-hydrogen) atoms. The molecule has 0 aromatic heterocycles. The number of rotatable bonds is 8. The lowest BCUT2D eigenvalue weighted by Gasteiger charge is -2.43. The second kappa shape index (κ2) is 15.7. The van der Waals surface area contributed by atoms with Crippen molar-refractivity contribution < 1.29 is 0 Å². The molecule has 1 fully saturated rings. The summed E-state index contributed by atoms with van der Waals surface area (Å²) in [7, 11) is 0. The van der Waals surface area contributed by atoms with E-state index in [1.165, 1.54) is 33.4 Å². The van der Waals surface area contributed by atoms with Crippen LogP contribution in [-0.4, -0.2) is 6.17 Å². The van der Waals surface area contributed by atoms with Crippen molar-refractivity contribution in [2.45, 2.75) is 37.2 Å². The topological polar surface area (TPSA) is 66.6 Å². The molecule has 3 aliphatic heterocycles. The summed E-state index contributed by atoms with van der Waals surface area (Å²) in [6.45, 7) is 0. The van der Waals surface area contributed by atoms with Crippen LogP contribution in [0.1, 0.15) is 58.9 Å². The number of nitrogens with zero attached hydrogens (tertiary/aromatic N) is 2. The van der Waals surface area contributed by atoms with Gasteiger partial charge in [-0.3, -0.25) is 16.0 Å². The second-order valence-corrected chi connectivity index (χ2v) is 16.0. The van der Waals surface area contributed by atoms with Crippen LogP contribution in [0.15, 0.2) is 206 Å². The zero-order valence-electron chi connectivity index (χ0n) is 33.2. The number of nitrogens with one attached hydrogen (secondary N) is 5. The van der Waals surface area contributed by atoms with Gasteiger partial charge in [-0.1, -0.05) is 140 Å². The highest BCUT2D eigenvalue weighted by Gasteiger charge is 2.38. The van der Waals surface area contributed by atoms with Crippen molar-refractivity contribution in [1.29, 1.82) is 0 Å². The van der Waals surface area contributed by atoms with Crippen molar-refractivity contribution in [3.05, 3.63) is 234 Å². The van der Waals surface area contributed by atoms with Crippen molar-refractivity contribution in [3.63, 3.8) is 0 Å². The third kappa shape index (κ3) is 6.82. The molecule has 11 rings (SSSR count). The molecule has 5 N–H and O–H groups in total. The minimum absolute atomic E-state index is 0.0124. The van der Waals surface area contributed by atoms with Crippen molar-refractivity contribution >= 4 is 39.7 Å². The highest BCUT2D eigenvalue weighted by molar-refractivity contribution is 5.85. The van der Waals surface area contributed by atoms with E-state index >= 15 is 0 Å². The monoisotopic (exact) mass is 781 g/mol. The molecule has 0 radical (unpaired) electrons. The van der Waals surface area contributed by atoms with Crippen molar-refractivity contribution in [1.82, 2.24) is 16.0 Å². The van der Waals surface area contributed by atoms with E-state index in [9.17, 15) is 0 Å². The van der Waals surface area contributed by atoms with E-state index in [1.807, 2.05) is 0 Å². The van der Waals surface area contributed by atoms with Crippen LogP contribution in [0.3, 0.4) is 0 Å². The first-order chi connectivity index (χ1) is 29.7. The minimum atomic E-state index is -0.178. The third-order valence-corrected chi connectivity index (χ3v) is 12.3. The highest BCUT2D eigenvalue weighted by atomic mass is 15.4. The summed E-state index contributed by atoms with van der Waals surface area (Å²) >= 11 is 0. The maximum atomic E-state index is 4.10. The average Bonchev–Trinajstić information content (AvgIpc) is 3.92. The van der Waals surface area contributed by atoms with Crippen LogP contribution in [-0.2, 0) is 0 Å². The molecule has 4 aliphatic rings. The van der Waals surface area contributed by atoms with Crippen LogP contribution < -0.4 is 36.4 Å². The van der Waals surface area contributed by atoms with E-state index < -0.39 is 0 Å². The van der Waals surface area contributed by atoms with E-state index in [0.717, 1.165) is 40.5 Å². The Bertz CT molecular complexity index is 2550. The molecule has 7 aromatic carbocycles. The summed E-state index contributed by atoms with van der Waals surface area (Å²) in [6, 6.07) is 67.5. The Hall–Kier alpha value is -6.90. The fourth-order valence-corrected chi connectivity index (χ4v) is 9.46. The molecule has 3 heterocycles. The number of hydrogen-bond acceptors (Lipinski definition) is 7. The van der Waals surface area contributed by atoms with E-state index in [0.29, 0.717) is 0 Å². The summed E-state index contributed by atoms with van der Waals surface area (Å²) in [4.78, 5) is 4.88. The molecule has 6 unspecified atom stereocenters. The lowest BCUT2D eigenvalue weighted by atomic mass is 9.87. The van der Waals surface area contributed by atoms with Crippen LogP contribution in [0.4, 0.5) is 34.1 Å². The Morgan fingerprint density at radius 1 is 0.433 bits per heavy atom. The van der Waals surface area contributed by atoms with E-state index in [1.54, 1.807) is 0 Å². The Labute approximate surface area is 352 Å². The maximum absolute atomic E-state index is 4.10. The molecule has 294 valence electrons. The van der Waals surface area contributed by atoms with Gasteiger partial charge in [-0.15, -0.1) is 0 Å². The Kier molecular flexibility index (Phi) is 9.47. The molecular weight excluding hydrogens is 735 g/mol. The van der Waals surface area contributed by atoms with E-state index in [4.69, 9.17) is 0 Å². The number of benzene rings is 7. The first kappa shape index (κ1) is 36.2. The Balaban J connectivity index is 1.04. The lowest BCUT2D eigenvalue weighted by Crippen LogP contribution is -2.61. The molecule has 0 saturated carbocycles. The van der Waals surface area contributed by atoms with E-state index in [-0.39, 0.29) is 36.7 Å². The first-order valence-electron chi connectivity index (χ1n) is 21.0. The summed E-state index contributed by atoms with van der Waals surface area (Å²) < 4.78 is 0. The molecule has 1 saturated heterocycles. The van der Waals surface area contributed by atoms with Crippen LogP contribution in [0, 0.1) is 5.92 Å². The fourth-order valence-electron chi connectivity index (χ4n) is 9.46. The summed E-state index contributed by atoms with van der Waals surface area (Å²) in [5.41, 5.74) is 14.2. The van der Waals surface area contributed by atoms with Gasteiger partial charge >= 0.3 is 0 Å². The van der Waals surface area contributed by atoms with Gasteiger partial charge in [-0.2, -0.15) is 0 Å². The van der Waals surface area contributed by atoms with Crippen molar-refractivity contribution in [2.75, 3.05) is 20.4 Å². The molecule has 0 bridgehead atoms. The van der Waals surface area contributed by atoms with Gasteiger partial charge < -0.3 is 20.4 Å². The van der Waals surface area contributed by atoms with Gasteiger partial charge in [-0.25, -0.2) is 0 Å². The predicted octanol–water partition coefficient (Wildman–Crippen LogP) is 11.7. The molecule has 7 aromatic rings. The quantitative estimate of drug-likeness (QED) is 0.105. The molecule has 6 atom stereocenters. The van der Waals surface area contributed by atoms with Crippen LogP contribution >= 0.6 is 0 Å². The Morgan fingerprint density at radius 2 is 0.900 bits per heavy atom. The van der Waals surface area contributed by atoms with Gasteiger partial charge in [0.05, 0.1) is 41.2 Å². The van der Waals surface area contributed by atoms with Crippen molar-refractivity contribution in [3.8, 4) is 0 Å². The molecule has 0 amide bonds. The average molecular weight is 782 g/mol. The number of anilines is 6. The molecule has 7 nitrogen and oxygen atoms in total. The summed E-state index contributed by atoms with van der Waals surface area (Å²) in [5, 5.41) is 20.0. The standard InChI is InChI=1S/C53H47N7/c1-5-18-36(19-6-1)38-22-17-23-39(32-38)50-56-49(37-20-7-2-8-21-37)57-51(58-50)40-33-41(52-54-45-28-13-15-30-47(45)59(52)43-24-9-3-10-25-43)35-42(34-40)53-55-46-29-14-16-31-48(46)60(53)44-26-11-4-12-27-44/h1-31,33-35,39,49-58H,32H2. The summed E-state index contributed by atoms with van der Waals surface area (Å²) in [6.07, 6.45) is 7.21. The first-order valence-corrected chi connectivity index (χ1v) is 21.0. The van der Waals surface area contributed by atoms with Gasteiger partial charge in [-0.05, 0) is 107 Å². The number of fused-ring (bicyclic) bond motifs is 2. The van der Waals surface area contributed by atoms with Crippen LogP contribution in [0.5, 0.6) is 0 Å². The largest absolute Gasteiger partial charge is 0.359 e. The molecule has 0 spiro atoms. The van der Waals surface area contributed by atoms with Gasteiger partial charge in [0.2, 0.25) is 0 Å². The zero-order chi connectivity index (χ0) is 39.8. The predicted molar refractivity (Wildman–Crippen MR) is 246 cm³/mol. The number of allylic oxidation sites excluding steroid dienone is 3. The second-order valence-electron chi connectivity index (χ2n) is 16.0. The summed E-state index contributed by atoms with van der Waals surface area (Å²) in [5.74, 6) is 0.225. The van der Waals surface area contributed by atoms with Crippen molar-refractivity contribution in [2.24, 2.45) is 5.92 Å². The Morgan fingerprint density at radius 3 is 1.47 bits per heavy atom. The maximum Gasteiger partial charge on any atom is 0.130 e. The van der Waals surface area contributed by atoms with Crippen LogP contribution in [0.2, 0.25) is 0 Å². The van der Waals surface area contributed by atoms with Gasteiger partial charge in [0, 0.05) is 17.3 Å².